The van der Waals surface area contributed by atoms with Crippen LogP contribution in [0.4, 0.5) is 4.79 Å². The molecule has 0 amide bonds. The molecule has 0 aliphatic carbocycles. The van der Waals surface area contributed by atoms with E-state index in [9.17, 15) is 9.59 Å². The number of cyclic esters (lactones) is 2. The Kier molecular flexibility index (Phi) is 7.78. The van der Waals surface area contributed by atoms with Crippen molar-refractivity contribution in [1.29, 1.82) is 0 Å². The van der Waals surface area contributed by atoms with E-state index in [0.717, 1.165) is 12.2 Å². The highest BCUT2D eigenvalue weighted by molar-refractivity contribution is 6.04. The topological polar surface area (TPSA) is 101 Å². The van der Waals surface area contributed by atoms with E-state index < -0.39 is 18.1 Å². The summed E-state index contributed by atoms with van der Waals surface area (Å²) < 4.78 is 3.97. The van der Waals surface area contributed by atoms with Gasteiger partial charge in [0.1, 0.15) is 0 Å². The van der Waals surface area contributed by atoms with Crippen LogP contribution in [0.25, 0.3) is 6.08 Å². The maximum absolute atomic E-state index is 9.92. The highest BCUT2D eigenvalue weighted by atomic mass is 16.6. The molecule has 0 saturated carbocycles. The molecular formula is C13H12O6. The van der Waals surface area contributed by atoms with Crippen LogP contribution in [0, 0.1) is 0 Å². The van der Waals surface area contributed by atoms with Crippen LogP contribution >= 0.6 is 0 Å². The number of esters is 2. The molecule has 1 aromatic rings. The minimum Gasteiger partial charge on any atom is -0.450 e. The van der Waals surface area contributed by atoms with Crippen molar-refractivity contribution >= 4 is 24.2 Å². The second kappa shape index (κ2) is 9.17. The monoisotopic (exact) mass is 264 g/mol. The molecule has 0 aromatic heterocycles. The van der Waals surface area contributed by atoms with Gasteiger partial charge in [-0.15, -0.1) is 0 Å². The molecule has 0 atom stereocenters. The van der Waals surface area contributed by atoms with Gasteiger partial charge in [0.05, 0.1) is 0 Å². The third kappa shape index (κ3) is 10.0. The molecule has 0 unspecified atom stereocenters. The Morgan fingerprint density at radius 3 is 1.68 bits per heavy atom. The van der Waals surface area contributed by atoms with Crippen LogP contribution in [0.5, 0.6) is 0 Å². The van der Waals surface area contributed by atoms with Crippen molar-refractivity contribution in [3.8, 4) is 0 Å². The Morgan fingerprint density at radius 1 is 1.05 bits per heavy atom. The number of hydrogen-bond donors (Lipinski definition) is 2. The van der Waals surface area contributed by atoms with Crippen LogP contribution in [0.15, 0.2) is 49.1 Å². The molecule has 1 aliphatic rings. The van der Waals surface area contributed by atoms with Gasteiger partial charge >= 0.3 is 18.1 Å². The first kappa shape index (κ1) is 16.1. The quantitative estimate of drug-likeness (QED) is 0.595. The van der Waals surface area contributed by atoms with Crippen molar-refractivity contribution in [2.24, 2.45) is 0 Å². The normalized spacial score (nSPS) is 11.4. The molecule has 1 heterocycles. The molecule has 2 N–H and O–H groups in total. The zero-order chi connectivity index (χ0) is 14.7. The molecule has 2 rings (SSSR count). The van der Waals surface area contributed by atoms with E-state index >= 15 is 0 Å². The summed E-state index contributed by atoms with van der Waals surface area (Å²) >= 11 is 0. The fourth-order valence-electron chi connectivity index (χ4n) is 0.892. The lowest BCUT2D eigenvalue weighted by atomic mass is 10.2. The van der Waals surface area contributed by atoms with Crippen molar-refractivity contribution in [2.45, 2.75) is 0 Å². The van der Waals surface area contributed by atoms with Crippen molar-refractivity contribution in [2.75, 3.05) is 0 Å². The van der Waals surface area contributed by atoms with Crippen LogP contribution in [0.1, 0.15) is 5.56 Å². The Balaban J connectivity index is 0.000000272. The van der Waals surface area contributed by atoms with Gasteiger partial charge in [0, 0.05) is 12.2 Å². The first-order valence-electron chi connectivity index (χ1n) is 4.99. The fraction of sp³-hybridized carbons (Fsp3) is 0. The Hall–Kier alpha value is -2.89. The van der Waals surface area contributed by atoms with E-state index in [1.807, 2.05) is 36.4 Å². The standard InChI is InChI=1S/C8H8.C4H2O3.CH2O3/c1-2-8-6-4-3-5-7-8;5-3-1-2-4(6)7-3;2-1(3)4/h2-7H,1H2;1-2H;(H2,2,3,4). The van der Waals surface area contributed by atoms with Crippen LogP contribution in [0.2, 0.25) is 0 Å². The number of rotatable bonds is 1. The van der Waals surface area contributed by atoms with E-state index in [2.05, 4.69) is 11.3 Å². The van der Waals surface area contributed by atoms with Gasteiger partial charge in [0.25, 0.3) is 0 Å². The number of carboxylic acid groups (broad SMARTS) is 2. The first-order valence-corrected chi connectivity index (χ1v) is 4.99. The van der Waals surface area contributed by atoms with Gasteiger partial charge in [0.15, 0.2) is 0 Å². The molecule has 1 aliphatic heterocycles. The predicted octanol–water partition coefficient (Wildman–Crippen LogP) is 2.18. The van der Waals surface area contributed by atoms with Gasteiger partial charge in [-0.2, -0.15) is 0 Å². The molecule has 100 valence electrons. The van der Waals surface area contributed by atoms with E-state index in [4.69, 9.17) is 15.0 Å². The molecule has 1 aromatic carbocycles. The maximum atomic E-state index is 9.92. The number of benzene rings is 1. The van der Waals surface area contributed by atoms with Crippen molar-refractivity contribution in [3.63, 3.8) is 0 Å². The van der Waals surface area contributed by atoms with E-state index in [1.54, 1.807) is 0 Å². The fourth-order valence-corrected chi connectivity index (χ4v) is 0.892. The highest BCUT2D eigenvalue weighted by Crippen LogP contribution is 1.97. The van der Waals surface area contributed by atoms with Gasteiger partial charge in [-0.1, -0.05) is 43.0 Å². The maximum Gasteiger partial charge on any atom is 0.503 e. The third-order valence-electron chi connectivity index (χ3n) is 1.59. The van der Waals surface area contributed by atoms with Gasteiger partial charge in [-0.3, -0.25) is 0 Å². The number of hydrogen-bond acceptors (Lipinski definition) is 4. The summed E-state index contributed by atoms with van der Waals surface area (Å²) in [5, 5.41) is 13.9. The zero-order valence-corrected chi connectivity index (χ0v) is 9.85. The molecule has 0 fully saturated rings. The van der Waals surface area contributed by atoms with Gasteiger partial charge in [-0.05, 0) is 5.56 Å². The van der Waals surface area contributed by atoms with Gasteiger partial charge in [0.2, 0.25) is 0 Å². The lowest BCUT2D eigenvalue weighted by molar-refractivity contribution is -0.150. The average molecular weight is 264 g/mol. The number of carbonyl (C=O) groups excluding carboxylic acids is 2. The van der Waals surface area contributed by atoms with Crippen LogP contribution in [-0.2, 0) is 14.3 Å². The molecule has 6 heteroatoms. The van der Waals surface area contributed by atoms with Crippen molar-refractivity contribution < 1.29 is 29.3 Å². The summed E-state index contributed by atoms with van der Waals surface area (Å²) in [7, 11) is 0. The largest absolute Gasteiger partial charge is 0.503 e. The molecule has 0 radical (unpaired) electrons. The van der Waals surface area contributed by atoms with Gasteiger partial charge < -0.3 is 14.9 Å². The minimum atomic E-state index is -1.83. The summed E-state index contributed by atoms with van der Waals surface area (Å²) in [6.45, 7) is 3.63. The lowest BCUT2D eigenvalue weighted by Crippen LogP contribution is -1.96. The zero-order valence-electron chi connectivity index (χ0n) is 9.85. The summed E-state index contributed by atoms with van der Waals surface area (Å²) in [5.74, 6) is -1.16. The molecule has 6 nitrogen and oxygen atoms in total. The van der Waals surface area contributed by atoms with Crippen molar-refractivity contribution in [3.05, 3.63) is 54.6 Å². The number of ether oxygens (including phenoxy) is 1. The van der Waals surface area contributed by atoms with E-state index in [-0.39, 0.29) is 0 Å². The van der Waals surface area contributed by atoms with E-state index in [1.165, 1.54) is 5.56 Å². The van der Waals surface area contributed by atoms with Crippen LogP contribution in [-0.4, -0.2) is 28.3 Å². The number of carbonyl (C=O) groups is 3. The van der Waals surface area contributed by atoms with Crippen molar-refractivity contribution in [1.82, 2.24) is 0 Å². The SMILES string of the molecule is C=Cc1ccccc1.O=C(O)O.O=C1C=CC(=O)O1. The third-order valence-corrected chi connectivity index (χ3v) is 1.59. The summed E-state index contributed by atoms with van der Waals surface area (Å²) in [6.07, 6.45) is 2.17. The summed E-state index contributed by atoms with van der Waals surface area (Å²) in [5.41, 5.74) is 1.17. The lowest BCUT2D eigenvalue weighted by Gasteiger charge is -1.85. The molecular weight excluding hydrogens is 252 g/mol. The second-order valence-corrected chi connectivity index (χ2v) is 2.97. The molecule has 0 bridgehead atoms. The molecule has 0 saturated heterocycles. The highest BCUT2D eigenvalue weighted by Gasteiger charge is 2.10. The minimum absolute atomic E-state index is 0.579. The first-order chi connectivity index (χ1) is 8.95. The van der Waals surface area contributed by atoms with E-state index in [0.29, 0.717) is 0 Å². The van der Waals surface area contributed by atoms with Gasteiger partial charge in [-0.25, -0.2) is 14.4 Å². The Labute approximate surface area is 109 Å². The van der Waals surface area contributed by atoms with Crippen LogP contribution in [0.3, 0.4) is 0 Å². The Morgan fingerprint density at radius 2 is 1.47 bits per heavy atom. The Bertz CT molecular complexity index is 455. The summed E-state index contributed by atoms with van der Waals surface area (Å²) in [6, 6.07) is 10.0. The summed E-state index contributed by atoms with van der Waals surface area (Å²) in [4.78, 5) is 28.4. The molecule has 0 spiro atoms. The second-order valence-electron chi connectivity index (χ2n) is 2.97. The van der Waals surface area contributed by atoms with Crippen LogP contribution < -0.4 is 0 Å². The molecule has 19 heavy (non-hydrogen) atoms. The average Bonchev–Trinajstić information content (AvgIpc) is 2.74. The predicted molar refractivity (Wildman–Crippen MR) is 67.4 cm³/mol. The smallest absolute Gasteiger partial charge is 0.450 e.